The van der Waals surface area contributed by atoms with Gasteiger partial charge in [-0.2, -0.15) is 0 Å². The normalized spacial score (nSPS) is 26.1. The molecule has 1 rings (SSSR count). The van der Waals surface area contributed by atoms with E-state index >= 15 is 0 Å². The summed E-state index contributed by atoms with van der Waals surface area (Å²) in [6.07, 6.45) is -0.158. The van der Waals surface area contributed by atoms with Crippen LogP contribution in [0.1, 0.15) is 34.6 Å². The Balaban J connectivity index is 3.04. The van der Waals surface area contributed by atoms with Crippen LogP contribution in [0.15, 0.2) is 0 Å². The van der Waals surface area contributed by atoms with E-state index in [1.807, 2.05) is 0 Å². The zero-order chi connectivity index (χ0) is 15.9. The van der Waals surface area contributed by atoms with Gasteiger partial charge in [-0.15, -0.1) is 0 Å². The maximum absolute atomic E-state index is 12.2. The van der Waals surface area contributed by atoms with Crippen LogP contribution in [0.4, 0.5) is 0 Å². The third kappa shape index (κ3) is 3.93. The van der Waals surface area contributed by atoms with Crippen molar-refractivity contribution in [2.45, 2.75) is 66.1 Å². The van der Waals surface area contributed by atoms with Crippen molar-refractivity contribution in [3.8, 4) is 0 Å². The van der Waals surface area contributed by atoms with Gasteiger partial charge in [-0.1, -0.05) is 20.8 Å². The second-order valence-corrected chi connectivity index (χ2v) is 13.2. The Labute approximate surface area is 127 Å². The average molecular weight is 318 g/mol. The molecule has 0 aromatic heterocycles. The molecule has 1 aliphatic rings. The van der Waals surface area contributed by atoms with Crippen LogP contribution in [0.2, 0.25) is 19.6 Å². The fourth-order valence-corrected chi connectivity index (χ4v) is 4.54. The first-order valence-electron chi connectivity index (χ1n) is 7.33. The van der Waals surface area contributed by atoms with Crippen molar-refractivity contribution < 1.29 is 13.6 Å². The quantitative estimate of drug-likeness (QED) is 0.619. The van der Waals surface area contributed by atoms with E-state index in [4.69, 9.17) is 8.85 Å². The molecule has 1 aliphatic heterocycles. The van der Waals surface area contributed by atoms with Crippen LogP contribution in [-0.4, -0.2) is 36.5 Å². The third-order valence-corrected chi connectivity index (χ3v) is 5.97. The zero-order valence-electron chi connectivity index (χ0n) is 14.5. The van der Waals surface area contributed by atoms with Gasteiger partial charge in [0.15, 0.2) is 8.32 Å². The first-order valence-corrected chi connectivity index (χ1v) is 11.6. The molecule has 1 N–H and O–H groups in total. The topological polar surface area (TPSA) is 47.6 Å². The van der Waals surface area contributed by atoms with Gasteiger partial charge in [0.25, 0.3) is 0 Å². The number of rotatable bonds is 5. The molecule has 4 nitrogen and oxygen atoms in total. The van der Waals surface area contributed by atoms with Gasteiger partial charge in [-0.25, -0.2) is 0 Å². The molecule has 1 amide bonds. The summed E-state index contributed by atoms with van der Waals surface area (Å²) < 4.78 is 12.0. The van der Waals surface area contributed by atoms with E-state index in [1.165, 1.54) is 0 Å². The molecule has 1 unspecified atom stereocenters. The number of hydrogen-bond acceptors (Lipinski definition) is 3. The summed E-state index contributed by atoms with van der Waals surface area (Å²) in [6, 6.07) is 0. The van der Waals surface area contributed by atoms with Gasteiger partial charge >= 0.3 is 0 Å². The van der Waals surface area contributed by atoms with Crippen molar-refractivity contribution in [1.29, 1.82) is 0 Å². The fourth-order valence-electron chi connectivity index (χ4n) is 3.32. The van der Waals surface area contributed by atoms with E-state index in [0.29, 0.717) is 10.5 Å². The highest BCUT2D eigenvalue weighted by atomic mass is 28.4. The molecule has 0 spiro atoms. The van der Waals surface area contributed by atoms with Crippen LogP contribution in [0, 0.1) is 17.3 Å². The maximum Gasteiger partial charge on any atom is 0.230 e. The number of hydrogen-bond donors (Lipinski definition) is 1. The van der Waals surface area contributed by atoms with E-state index in [1.54, 1.807) is 0 Å². The largest absolute Gasteiger partial charge is 0.423 e. The predicted octanol–water partition coefficient (Wildman–Crippen LogP) is 1.65. The number of carbonyl (C=O) groups is 1. The summed E-state index contributed by atoms with van der Waals surface area (Å²) >= 11 is 0. The van der Waals surface area contributed by atoms with E-state index < -0.39 is 8.32 Å². The molecule has 0 saturated carbocycles. The second-order valence-electron chi connectivity index (χ2n) is 8.34. The van der Waals surface area contributed by atoms with Crippen LogP contribution >= 0.6 is 0 Å². The number of amides is 1. The monoisotopic (exact) mass is 317 g/mol. The van der Waals surface area contributed by atoms with E-state index in [0.717, 1.165) is 0 Å². The van der Waals surface area contributed by atoms with Gasteiger partial charge in [0.2, 0.25) is 5.91 Å². The Morgan fingerprint density at radius 1 is 1.20 bits per heavy atom. The number of β-lactam (4-membered cyclic amide) rings is 1. The van der Waals surface area contributed by atoms with Crippen LogP contribution in [-0.2, 0) is 13.6 Å². The Morgan fingerprint density at radius 3 is 2.00 bits per heavy atom. The van der Waals surface area contributed by atoms with E-state index in [9.17, 15) is 4.79 Å². The second kappa shape index (κ2) is 5.55. The number of nitrogens with one attached hydrogen (secondary N) is 1. The van der Waals surface area contributed by atoms with Gasteiger partial charge in [0.05, 0.1) is 11.5 Å². The molecule has 0 aromatic carbocycles. The summed E-state index contributed by atoms with van der Waals surface area (Å²) in [6.45, 7) is 17.2. The summed E-state index contributed by atoms with van der Waals surface area (Å²) in [5.41, 5.74) is -0.328. The zero-order valence-corrected chi connectivity index (χ0v) is 17.5. The van der Waals surface area contributed by atoms with Crippen LogP contribution in [0.5, 0.6) is 0 Å². The highest BCUT2D eigenvalue weighted by Gasteiger charge is 2.55. The minimum absolute atomic E-state index is 0.0165. The van der Waals surface area contributed by atoms with Crippen molar-refractivity contribution in [3.05, 3.63) is 0 Å². The van der Waals surface area contributed by atoms with Crippen LogP contribution in [0.3, 0.4) is 0 Å². The Morgan fingerprint density at radius 2 is 1.70 bits per heavy atom. The highest BCUT2D eigenvalue weighted by Crippen LogP contribution is 2.45. The molecule has 0 radical (unpaired) electrons. The van der Waals surface area contributed by atoms with Crippen molar-refractivity contribution in [2.75, 3.05) is 0 Å². The summed E-state index contributed by atoms with van der Waals surface area (Å²) in [4.78, 5) is 12.2. The lowest BCUT2D eigenvalue weighted by Gasteiger charge is -2.53. The lowest BCUT2D eigenvalue weighted by atomic mass is 9.63. The molecule has 0 aromatic rings. The van der Waals surface area contributed by atoms with Crippen molar-refractivity contribution >= 4 is 24.7 Å². The van der Waals surface area contributed by atoms with Gasteiger partial charge in [0.1, 0.15) is 16.7 Å². The minimum Gasteiger partial charge on any atom is -0.423 e. The minimum atomic E-state index is -1.68. The molecule has 1 heterocycles. The van der Waals surface area contributed by atoms with Crippen molar-refractivity contribution in [1.82, 2.24) is 5.32 Å². The predicted molar refractivity (Wildman–Crippen MR) is 87.9 cm³/mol. The molecule has 6 heteroatoms. The fraction of sp³-hybridized carbons (Fsp3) is 0.929. The maximum atomic E-state index is 12.2. The standard InChI is InChI=1S/C14H31NO3Si2/c1-13(2,3)10(14(4,5)18-19)9-11(16)15-12(9)17-20(6,7)8/h9-10,12H,1-8,19H3,(H,15,16)/t9-,10?,12+/m0/s1. The van der Waals surface area contributed by atoms with Gasteiger partial charge in [0, 0.05) is 5.92 Å². The van der Waals surface area contributed by atoms with Crippen molar-refractivity contribution in [3.63, 3.8) is 0 Å². The average Bonchev–Trinajstić information content (AvgIpc) is 2.21. The first-order chi connectivity index (χ1) is 8.79. The smallest absolute Gasteiger partial charge is 0.230 e. The molecule has 1 fully saturated rings. The van der Waals surface area contributed by atoms with Crippen molar-refractivity contribution in [2.24, 2.45) is 17.3 Å². The van der Waals surface area contributed by atoms with Gasteiger partial charge in [-0.3, -0.25) is 4.79 Å². The van der Waals surface area contributed by atoms with Gasteiger partial charge < -0.3 is 14.2 Å². The third-order valence-electron chi connectivity index (χ3n) is 3.96. The SMILES string of the molecule is CC(C)(C)C([C@H]1C(=O)N[C@@H]1O[Si](C)(C)C)C(C)(C)O[SiH3]. The summed E-state index contributed by atoms with van der Waals surface area (Å²) in [5.74, 6) is 0.105. The Hall–Kier alpha value is -0.176. The van der Waals surface area contributed by atoms with Gasteiger partial charge in [-0.05, 0) is 38.9 Å². The van der Waals surface area contributed by atoms with Crippen LogP contribution < -0.4 is 5.32 Å². The number of carbonyl (C=O) groups excluding carboxylic acids is 1. The van der Waals surface area contributed by atoms with E-state index in [-0.39, 0.29) is 35.0 Å². The van der Waals surface area contributed by atoms with E-state index in [2.05, 4.69) is 59.6 Å². The summed E-state index contributed by atoms with van der Waals surface area (Å²) in [5, 5.41) is 2.93. The highest BCUT2D eigenvalue weighted by molar-refractivity contribution is 6.69. The summed E-state index contributed by atoms with van der Waals surface area (Å²) in [7, 11) is -1.02. The molecule has 0 aliphatic carbocycles. The molecule has 20 heavy (non-hydrogen) atoms. The molecular formula is C14H31NO3Si2. The molecule has 3 atom stereocenters. The molecule has 0 bridgehead atoms. The molecule has 118 valence electrons. The lowest BCUT2D eigenvalue weighted by molar-refractivity contribution is -0.165. The molecule has 1 saturated heterocycles. The Bertz CT molecular complexity index is 372. The Kier molecular flexibility index (Phi) is 4.96. The lowest BCUT2D eigenvalue weighted by Crippen LogP contribution is -2.68. The van der Waals surface area contributed by atoms with Crippen LogP contribution in [0.25, 0.3) is 0 Å². The first kappa shape index (κ1) is 17.9. The molecular weight excluding hydrogens is 286 g/mol.